The molecule has 30 heavy (non-hydrogen) atoms. The lowest BCUT2D eigenvalue weighted by atomic mass is 9.98. The predicted molar refractivity (Wildman–Crippen MR) is 115 cm³/mol. The van der Waals surface area contributed by atoms with Crippen molar-refractivity contribution in [2.24, 2.45) is 0 Å². The van der Waals surface area contributed by atoms with Gasteiger partial charge in [-0.05, 0) is 41.7 Å². The minimum absolute atomic E-state index is 0.00834. The molecule has 154 valence electrons. The molecule has 0 radical (unpaired) electrons. The second kappa shape index (κ2) is 10.8. The van der Waals surface area contributed by atoms with E-state index >= 15 is 0 Å². The number of aliphatic carboxylic acids is 1. The molecule has 1 amide bonds. The quantitative estimate of drug-likeness (QED) is 0.527. The molecule has 0 spiro atoms. The molecule has 0 heterocycles. The Balaban J connectivity index is 1.56. The number of amides is 1. The topological polar surface area (TPSA) is 75.6 Å². The molecule has 3 rings (SSSR count). The van der Waals surface area contributed by atoms with Gasteiger partial charge < -0.3 is 15.2 Å². The van der Waals surface area contributed by atoms with Gasteiger partial charge in [0.2, 0.25) is 5.91 Å². The summed E-state index contributed by atoms with van der Waals surface area (Å²) in [6.07, 6.45) is 1.79. The lowest BCUT2D eigenvalue weighted by molar-refractivity contribution is -0.139. The van der Waals surface area contributed by atoms with E-state index in [2.05, 4.69) is 5.32 Å². The number of hydrogen-bond donors (Lipinski definition) is 2. The van der Waals surface area contributed by atoms with E-state index in [0.29, 0.717) is 25.0 Å². The first kappa shape index (κ1) is 21.1. The number of nitrogens with one attached hydrogen (secondary N) is 1. The van der Waals surface area contributed by atoms with Gasteiger partial charge in [0.25, 0.3) is 0 Å². The van der Waals surface area contributed by atoms with Gasteiger partial charge in [-0.3, -0.25) is 4.79 Å². The van der Waals surface area contributed by atoms with Crippen molar-refractivity contribution in [2.75, 3.05) is 6.61 Å². The van der Waals surface area contributed by atoms with Gasteiger partial charge in [0.05, 0.1) is 6.04 Å². The number of aryl methyl sites for hydroxylation is 1. The molecular weight excluding hydrogens is 378 g/mol. The smallest absolute Gasteiger partial charge is 0.341 e. The van der Waals surface area contributed by atoms with Crippen molar-refractivity contribution in [3.8, 4) is 5.75 Å². The molecule has 0 aliphatic heterocycles. The average Bonchev–Trinajstić information content (AvgIpc) is 2.77. The third kappa shape index (κ3) is 6.48. The van der Waals surface area contributed by atoms with Gasteiger partial charge in [-0.25, -0.2) is 4.79 Å². The second-order valence-corrected chi connectivity index (χ2v) is 7.01. The van der Waals surface area contributed by atoms with Crippen molar-refractivity contribution >= 4 is 11.9 Å². The number of benzene rings is 3. The predicted octanol–water partition coefficient (Wildman–Crippen LogP) is 4.38. The fraction of sp³-hybridized carbons (Fsp3) is 0.200. The molecule has 0 atom stereocenters. The van der Waals surface area contributed by atoms with Gasteiger partial charge in [-0.15, -0.1) is 0 Å². The average molecular weight is 403 g/mol. The molecule has 3 aromatic carbocycles. The highest BCUT2D eigenvalue weighted by molar-refractivity contribution is 5.77. The zero-order valence-electron chi connectivity index (χ0n) is 16.7. The molecule has 0 aromatic heterocycles. The molecule has 0 fully saturated rings. The van der Waals surface area contributed by atoms with E-state index in [9.17, 15) is 9.59 Å². The van der Waals surface area contributed by atoms with E-state index in [-0.39, 0.29) is 18.6 Å². The van der Waals surface area contributed by atoms with Crippen LogP contribution in [0.1, 0.15) is 35.6 Å². The van der Waals surface area contributed by atoms with Gasteiger partial charge in [0, 0.05) is 6.42 Å². The van der Waals surface area contributed by atoms with Crippen LogP contribution in [0.15, 0.2) is 84.9 Å². The van der Waals surface area contributed by atoms with Gasteiger partial charge in [-0.2, -0.15) is 0 Å². The monoisotopic (exact) mass is 403 g/mol. The van der Waals surface area contributed by atoms with Crippen LogP contribution in [0.2, 0.25) is 0 Å². The molecule has 0 bridgehead atoms. The maximum absolute atomic E-state index is 12.6. The number of carbonyl (C=O) groups is 2. The third-order valence-corrected chi connectivity index (χ3v) is 4.70. The summed E-state index contributed by atoms with van der Waals surface area (Å²) in [4.78, 5) is 23.3. The molecular formula is C25H25NO4. The number of ether oxygens (including phenoxy) is 1. The fourth-order valence-electron chi connectivity index (χ4n) is 3.27. The van der Waals surface area contributed by atoms with Gasteiger partial charge in [-0.1, -0.05) is 72.8 Å². The van der Waals surface area contributed by atoms with Gasteiger partial charge >= 0.3 is 5.97 Å². The number of carboxylic acid groups (broad SMARTS) is 1. The maximum Gasteiger partial charge on any atom is 0.341 e. The highest BCUT2D eigenvalue weighted by Gasteiger charge is 2.16. The van der Waals surface area contributed by atoms with Crippen LogP contribution in [0.3, 0.4) is 0 Å². The zero-order chi connectivity index (χ0) is 21.2. The minimum Gasteiger partial charge on any atom is -0.482 e. The Morgan fingerprint density at radius 2 is 1.50 bits per heavy atom. The maximum atomic E-state index is 12.6. The Morgan fingerprint density at radius 3 is 2.10 bits per heavy atom. The number of rotatable bonds is 10. The summed E-state index contributed by atoms with van der Waals surface area (Å²) < 4.78 is 5.21. The van der Waals surface area contributed by atoms with E-state index in [1.807, 2.05) is 78.9 Å². The molecule has 0 saturated heterocycles. The Morgan fingerprint density at radius 1 is 0.867 bits per heavy atom. The van der Waals surface area contributed by atoms with Crippen LogP contribution in [-0.2, 0) is 16.0 Å². The fourth-order valence-corrected chi connectivity index (χ4v) is 3.27. The number of carbonyl (C=O) groups excluding carboxylic acids is 1. The van der Waals surface area contributed by atoms with E-state index in [1.54, 1.807) is 6.07 Å². The van der Waals surface area contributed by atoms with Crippen molar-refractivity contribution in [2.45, 2.75) is 25.3 Å². The lowest BCUT2D eigenvalue weighted by Crippen LogP contribution is -2.29. The Kier molecular flexibility index (Phi) is 7.61. The van der Waals surface area contributed by atoms with Crippen LogP contribution in [-0.4, -0.2) is 23.6 Å². The lowest BCUT2D eigenvalue weighted by Gasteiger charge is -2.20. The summed E-state index contributed by atoms with van der Waals surface area (Å²) in [7, 11) is 0. The van der Waals surface area contributed by atoms with Crippen LogP contribution in [0.25, 0.3) is 0 Å². The summed E-state index contributed by atoms with van der Waals surface area (Å²) in [6.45, 7) is -0.369. The molecule has 0 unspecified atom stereocenters. The van der Waals surface area contributed by atoms with E-state index in [1.165, 1.54) is 0 Å². The van der Waals surface area contributed by atoms with Crippen LogP contribution in [0, 0.1) is 0 Å². The van der Waals surface area contributed by atoms with E-state index in [4.69, 9.17) is 9.84 Å². The molecule has 0 aliphatic rings. The molecule has 0 aliphatic carbocycles. The van der Waals surface area contributed by atoms with Crippen LogP contribution >= 0.6 is 0 Å². The second-order valence-electron chi connectivity index (χ2n) is 7.01. The molecule has 5 heteroatoms. The minimum atomic E-state index is -1.01. The SMILES string of the molecule is O=C(O)COc1cccc(CCCC(=O)NC(c2ccccc2)c2ccccc2)c1. The standard InChI is InChI=1S/C25H25NO4/c27-23(16-8-10-19-9-7-15-22(17-19)30-18-24(28)29)26-25(20-11-3-1-4-12-20)21-13-5-2-6-14-21/h1-7,9,11-15,17,25H,8,10,16,18H2,(H,26,27)(H,28,29). The van der Waals surface area contributed by atoms with Crippen LogP contribution in [0.5, 0.6) is 5.75 Å². The molecule has 2 N–H and O–H groups in total. The first-order valence-corrected chi connectivity index (χ1v) is 9.94. The van der Waals surface area contributed by atoms with Crippen molar-refractivity contribution in [3.05, 3.63) is 102 Å². The van der Waals surface area contributed by atoms with Crippen molar-refractivity contribution in [1.82, 2.24) is 5.32 Å². The highest BCUT2D eigenvalue weighted by atomic mass is 16.5. The summed E-state index contributed by atoms with van der Waals surface area (Å²) >= 11 is 0. The summed E-state index contributed by atoms with van der Waals surface area (Å²) in [5.74, 6) is -0.498. The Labute approximate surface area is 176 Å². The third-order valence-electron chi connectivity index (χ3n) is 4.70. The molecule has 3 aromatic rings. The molecule has 5 nitrogen and oxygen atoms in total. The summed E-state index contributed by atoms with van der Waals surface area (Å²) in [5.41, 5.74) is 3.09. The zero-order valence-corrected chi connectivity index (χ0v) is 16.7. The first-order chi connectivity index (χ1) is 14.6. The summed E-state index contributed by atoms with van der Waals surface area (Å²) in [5, 5.41) is 11.9. The van der Waals surface area contributed by atoms with Crippen molar-refractivity contribution in [3.63, 3.8) is 0 Å². The normalized spacial score (nSPS) is 10.6. The molecule has 0 saturated carbocycles. The van der Waals surface area contributed by atoms with Crippen molar-refractivity contribution < 1.29 is 19.4 Å². The van der Waals surface area contributed by atoms with Crippen LogP contribution < -0.4 is 10.1 Å². The largest absolute Gasteiger partial charge is 0.482 e. The highest BCUT2D eigenvalue weighted by Crippen LogP contribution is 2.22. The van der Waals surface area contributed by atoms with Crippen LogP contribution in [0.4, 0.5) is 0 Å². The number of hydrogen-bond acceptors (Lipinski definition) is 3. The first-order valence-electron chi connectivity index (χ1n) is 9.94. The summed E-state index contributed by atoms with van der Waals surface area (Å²) in [6, 6.07) is 27.0. The van der Waals surface area contributed by atoms with E-state index < -0.39 is 5.97 Å². The Hall–Kier alpha value is -3.60. The van der Waals surface area contributed by atoms with Crippen molar-refractivity contribution in [1.29, 1.82) is 0 Å². The van der Waals surface area contributed by atoms with E-state index in [0.717, 1.165) is 16.7 Å². The van der Waals surface area contributed by atoms with Gasteiger partial charge in [0.15, 0.2) is 6.61 Å². The Bertz CT molecular complexity index is 918. The number of carboxylic acids is 1. The van der Waals surface area contributed by atoms with Gasteiger partial charge in [0.1, 0.15) is 5.75 Å².